The van der Waals surface area contributed by atoms with Crippen LogP contribution in [0.3, 0.4) is 0 Å². The van der Waals surface area contributed by atoms with Crippen LogP contribution in [0.2, 0.25) is 0 Å². The zero-order chi connectivity index (χ0) is 86.2. The van der Waals surface area contributed by atoms with E-state index in [9.17, 15) is 52.3 Å². The van der Waals surface area contributed by atoms with E-state index < -0.39 is 60.4 Å². The number of hydrogen-bond acceptors (Lipinski definition) is 8. The van der Waals surface area contributed by atoms with Crippen molar-refractivity contribution in [1.29, 1.82) is 0 Å². The molecular formula is C105H149F5O8. The Kier molecular flexibility index (Phi) is 34.4. The SMILES string of the molecule is C=C1/C(=C\C=C2/CCCC3(C)C(C(C)C/C=C/C(=O)OCC)=CCC23)CC(F)CC1F.C=C1/C(=C\C=C2/CCCC3(C)C(C(C)C/C=C/C(C)(C)O)=CCC23)CC(O)CC1O.C=C1/C(=C\C=C2/CCCC3(C)C(C(C)CCCC(C)(C)O)=CCC23)CC(F)CC1F.C=C1/C(=C\C=C2/CCCC3(C)C(CC/C=C/CO)=CCC23)CC(F)CC1O. The number of esters is 1. The molecule has 0 saturated heterocycles. The molecule has 0 aromatic rings. The Bertz CT molecular complexity index is 4040. The molecule has 0 amide bonds. The van der Waals surface area contributed by atoms with Crippen molar-refractivity contribution in [3.63, 3.8) is 0 Å². The zero-order valence-electron chi connectivity index (χ0n) is 74.1. The molecule has 8 saturated carbocycles. The summed E-state index contributed by atoms with van der Waals surface area (Å²) in [5.74, 6) is 3.06. The maximum atomic E-state index is 14.0. The van der Waals surface area contributed by atoms with Gasteiger partial charge in [0.15, 0.2) is 0 Å². The molecule has 19 unspecified atom stereocenters. The second-order valence-electron chi connectivity index (χ2n) is 39.2. The summed E-state index contributed by atoms with van der Waals surface area (Å²) >= 11 is 0. The van der Waals surface area contributed by atoms with Gasteiger partial charge in [0.25, 0.3) is 0 Å². The average Bonchev–Trinajstić information content (AvgIpc) is 2.53. The summed E-state index contributed by atoms with van der Waals surface area (Å²) in [5.41, 5.74) is 16.9. The molecule has 8 fully saturated rings. The van der Waals surface area contributed by atoms with Crippen LogP contribution < -0.4 is 0 Å². The normalized spacial score (nSPS) is 36.1. The number of carbonyl (C=O) groups is 1. The smallest absolute Gasteiger partial charge is 0.330 e. The second-order valence-corrected chi connectivity index (χ2v) is 39.2. The lowest BCUT2D eigenvalue weighted by Gasteiger charge is -2.42. The molecule has 0 spiro atoms. The Morgan fingerprint density at radius 2 is 0.907 bits per heavy atom. The Morgan fingerprint density at radius 3 is 1.34 bits per heavy atom. The largest absolute Gasteiger partial charge is 0.463 e. The summed E-state index contributed by atoms with van der Waals surface area (Å²) in [6.45, 7) is 41.9. The minimum atomic E-state index is -1.27. The number of carbonyl (C=O) groups excluding carboxylic acids is 1. The van der Waals surface area contributed by atoms with Crippen molar-refractivity contribution >= 4 is 5.97 Å². The van der Waals surface area contributed by atoms with Crippen molar-refractivity contribution < 1.29 is 62.1 Å². The van der Waals surface area contributed by atoms with Crippen molar-refractivity contribution in [3.8, 4) is 0 Å². The number of ether oxygens (including phenoxy) is 1. The first kappa shape index (κ1) is 95.8. The van der Waals surface area contributed by atoms with E-state index in [4.69, 9.17) is 9.84 Å². The van der Waals surface area contributed by atoms with Gasteiger partial charge in [0.05, 0.1) is 42.7 Å². The fraction of sp³-hybridized carbons (Fsp3) is 0.629. The lowest BCUT2D eigenvalue weighted by molar-refractivity contribution is -0.137. The predicted molar refractivity (Wildman–Crippen MR) is 477 cm³/mol. The van der Waals surface area contributed by atoms with Gasteiger partial charge in [0.2, 0.25) is 0 Å². The van der Waals surface area contributed by atoms with E-state index in [1.54, 1.807) is 23.6 Å². The molecule has 8 nitrogen and oxygen atoms in total. The van der Waals surface area contributed by atoms with Crippen LogP contribution in [0.15, 0.2) is 225 Å². The van der Waals surface area contributed by atoms with Gasteiger partial charge in [0, 0.05) is 51.0 Å². The number of hydrogen-bond donors (Lipinski definition) is 6. The van der Waals surface area contributed by atoms with Crippen LogP contribution in [0.4, 0.5) is 22.0 Å². The highest BCUT2D eigenvalue weighted by Crippen LogP contribution is 2.61. The van der Waals surface area contributed by atoms with E-state index in [0.29, 0.717) is 84.0 Å². The van der Waals surface area contributed by atoms with Crippen molar-refractivity contribution in [2.75, 3.05) is 13.2 Å². The number of fused-ring (bicyclic) bond motifs is 4. The van der Waals surface area contributed by atoms with Crippen molar-refractivity contribution in [1.82, 2.24) is 0 Å². The molecule has 12 aliphatic carbocycles. The van der Waals surface area contributed by atoms with E-state index >= 15 is 0 Å². The summed E-state index contributed by atoms with van der Waals surface area (Å²) in [7, 11) is 0. The molecule has 0 aromatic heterocycles. The van der Waals surface area contributed by atoms with Crippen LogP contribution in [0.5, 0.6) is 0 Å². The van der Waals surface area contributed by atoms with Gasteiger partial charge in [-0.1, -0.05) is 229 Å². The summed E-state index contributed by atoms with van der Waals surface area (Å²) in [6, 6.07) is 0. The van der Waals surface area contributed by atoms with E-state index in [0.717, 1.165) is 143 Å². The summed E-state index contributed by atoms with van der Waals surface area (Å²) in [6.07, 6.45) is 56.9. The van der Waals surface area contributed by atoms with Crippen LogP contribution in [-0.2, 0) is 9.53 Å². The van der Waals surface area contributed by atoms with Gasteiger partial charge in [-0.2, -0.15) is 0 Å². The molecule has 12 aliphatic rings. The molecular weight excluding hydrogens is 1480 g/mol. The van der Waals surface area contributed by atoms with E-state index in [2.05, 4.69) is 142 Å². The lowest BCUT2D eigenvalue weighted by Crippen LogP contribution is -2.32. The Labute approximate surface area is 707 Å². The van der Waals surface area contributed by atoms with Gasteiger partial charge in [-0.15, -0.1) is 0 Å². The molecule has 13 heteroatoms. The van der Waals surface area contributed by atoms with Gasteiger partial charge >= 0.3 is 5.97 Å². The third-order valence-electron chi connectivity index (χ3n) is 29.3. The summed E-state index contributed by atoms with van der Waals surface area (Å²) < 4.78 is 74.5. The topological polar surface area (TPSA) is 148 Å². The number of rotatable bonds is 22. The molecule has 0 aromatic carbocycles. The first-order valence-corrected chi connectivity index (χ1v) is 45.4. The van der Waals surface area contributed by atoms with Gasteiger partial charge in [-0.3, -0.25) is 0 Å². The van der Waals surface area contributed by atoms with E-state index in [-0.39, 0.29) is 66.3 Å². The quantitative estimate of drug-likeness (QED) is 0.0272. The van der Waals surface area contributed by atoms with Gasteiger partial charge in [-0.25, -0.2) is 26.7 Å². The standard InChI is InChI=1S/C27H36F2O2.C27H40F2O.C27H40O3.C24H33FO2/c1-5-31-26(30)10-6-8-18(2)23-13-14-24-20(9-7-15-27(23,24)4)11-12-21-16-22(28)17-25(29)19(21)3;2*1-18(8-6-14-26(3,4)30)23-12-13-24-20(9-7-15-27(23,24)5)10-11-21-16-22(28)17-25(29)19(21)2;1-17-19(15-21(25)16-23(17)27)10-9-18-7-6-13-24(2)20(11-12-22(18)24)8-4-3-5-14-26/h6,10-13,18,22,24-25H,3,5,7-9,14-17H2,1-2,4H3;10-12,18,22,24-25,30H,2,6-9,13-17H2,1,3-5H3;6,10-12,14,18,22,24-25,28-30H,2,7-9,13,15-17H2,1,3-5H3;3,5,9-11,21-23,26-27H,1,4,6-8,12-16H2,2H3/b10-6+,20-11+,21-12-;20-10+,21-11-;14-6+,20-10+,21-11-;5-3+,18-9+,19-10-. The predicted octanol–water partition coefficient (Wildman–Crippen LogP) is 25.5. The summed E-state index contributed by atoms with van der Waals surface area (Å²) in [5, 5.41) is 58.9. The molecule has 12 rings (SSSR count). The van der Waals surface area contributed by atoms with Gasteiger partial charge in [-0.05, 0) is 290 Å². The minimum Gasteiger partial charge on any atom is -0.463 e. The van der Waals surface area contributed by atoms with E-state index in [1.807, 2.05) is 64.2 Å². The van der Waals surface area contributed by atoms with Crippen molar-refractivity contribution in [2.45, 2.75) is 343 Å². The molecule has 118 heavy (non-hydrogen) atoms. The Hall–Kier alpha value is -6.06. The highest BCUT2D eigenvalue weighted by molar-refractivity contribution is 5.81. The third-order valence-corrected chi connectivity index (χ3v) is 29.3. The number of alkyl halides is 5. The van der Waals surface area contributed by atoms with Crippen LogP contribution in [0.25, 0.3) is 0 Å². The van der Waals surface area contributed by atoms with Crippen LogP contribution >= 0.6 is 0 Å². The second kappa shape index (κ2) is 42.3. The van der Waals surface area contributed by atoms with E-state index in [1.165, 1.54) is 66.0 Å². The maximum Gasteiger partial charge on any atom is 0.330 e. The molecule has 6 N–H and O–H groups in total. The Balaban J connectivity index is 0.000000180. The Morgan fingerprint density at radius 1 is 0.517 bits per heavy atom. The van der Waals surface area contributed by atoms with Gasteiger partial charge < -0.3 is 35.4 Å². The van der Waals surface area contributed by atoms with Crippen LogP contribution in [0.1, 0.15) is 282 Å². The third kappa shape index (κ3) is 24.5. The highest BCUT2D eigenvalue weighted by atomic mass is 19.2. The molecule has 19 atom stereocenters. The lowest BCUT2D eigenvalue weighted by atomic mass is 9.62. The zero-order valence-corrected chi connectivity index (χ0v) is 74.1. The average molecular weight is 1630 g/mol. The number of aliphatic hydroxyl groups excluding tert-OH is 4. The first-order valence-electron chi connectivity index (χ1n) is 45.4. The molecule has 0 aliphatic heterocycles. The minimum absolute atomic E-state index is 0.0495. The molecule has 652 valence electrons. The number of aliphatic hydroxyl groups is 6. The molecule has 0 radical (unpaired) electrons. The fourth-order valence-electron chi connectivity index (χ4n) is 22.6. The van der Waals surface area contributed by atoms with Gasteiger partial charge in [0.1, 0.15) is 30.9 Å². The summed E-state index contributed by atoms with van der Waals surface area (Å²) in [4.78, 5) is 11.6. The van der Waals surface area contributed by atoms with Crippen LogP contribution in [-0.4, -0.2) is 110 Å². The number of halogens is 5. The monoisotopic (exact) mass is 1630 g/mol. The number of allylic oxidation sites excluding steroid dienone is 27. The first-order chi connectivity index (χ1) is 55.7. The maximum absolute atomic E-state index is 14.0. The molecule has 0 heterocycles. The fourth-order valence-corrected chi connectivity index (χ4v) is 22.6. The molecule has 0 bridgehead atoms. The van der Waals surface area contributed by atoms with Crippen molar-refractivity contribution in [3.05, 3.63) is 225 Å². The highest BCUT2D eigenvalue weighted by Gasteiger charge is 2.50. The van der Waals surface area contributed by atoms with Crippen molar-refractivity contribution in [2.24, 2.45) is 63.1 Å². The van der Waals surface area contributed by atoms with Crippen LogP contribution in [0, 0.1) is 63.1 Å².